The second-order valence-electron chi connectivity index (χ2n) is 8.74. The maximum Gasteiger partial charge on any atom is 0.345 e. The SMILES string of the molecule is O=c1nc(-c2cccc(Cl)c2)c2cc(C(c3ccc(Cl)cc3)c3cnc(-c4ccccc4)[nH]3)ccc2[nH]1. The molecule has 0 saturated carbocycles. The zero-order valence-electron chi connectivity index (χ0n) is 19.5. The van der Waals surface area contributed by atoms with Crippen molar-refractivity contribution in [1.29, 1.82) is 0 Å². The van der Waals surface area contributed by atoms with Gasteiger partial charge in [-0.15, -0.1) is 0 Å². The van der Waals surface area contributed by atoms with Crippen LogP contribution in [0.25, 0.3) is 33.5 Å². The number of benzene rings is 4. The minimum Gasteiger partial charge on any atom is -0.341 e. The fraction of sp³-hybridized carbons (Fsp3) is 0.0333. The number of aromatic amines is 2. The van der Waals surface area contributed by atoms with E-state index in [2.05, 4.69) is 26.0 Å². The van der Waals surface area contributed by atoms with Crippen molar-refractivity contribution in [3.8, 4) is 22.6 Å². The van der Waals surface area contributed by atoms with Gasteiger partial charge in [0.2, 0.25) is 0 Å². The normalized spacial score (nSPS) is 12.1. The highest BCUT2D eigenvalue weighted by atomic mass is 35.5. The van der Waals surface area contributed by atoms with Crippen LogP contribution in [0, 0.1) is 0 Å². The molecule has 0 radical (unpaired) electrons. The van der Waals surface area contributed by atoms with E-state index in [0.717, 1.165) is 39.2 Å². The first-order valence-corrected chi connectivity index (χ1v) is 12.5. The zero-order valence-corrected chi connectivity index (χ0v) is 21.0. The molecule has 6 rings (SSSR count). The topological polar surface area (TPSA) is 74.4 Å². The molecule has 0 amide bonds. The first kappa shape index (κ1) is 23.2. The predicted molar refractivity (Wildman–Crippen MR) is 149 cm³/mol. The van der Waals surface area contributed by atoms with Crippen LogP contribution in [0.3, 0.4) is 0 Å². The third-order valence-electron chi connectivity index (χ3n) is 6.34. The summed E-state index contributed by atoms with van der Waals surface area (Å²) in [4.78, 5) is 27.7. The van der Waals surface area contributed by atoms with E-state index in [0.29, 0.717) is 21.3 Å². The highest BCUT2D eigenvalue weighted by Gasteiger charge is 2.21. The summed E-state index contributed by atoms with van der Waals surface area (Å²) in [6, 6.07) is 31.2. The van der Waals surface area contributed by atoms with E-state index < -0.39 is 5.69 Å². The molecule has 4 aromatic carbocycles. The van der Waals surface area contributed by atoms with Crippen LogP contribution >= 0.6 is 23.2 Å². The standard InChI is InChI=1S/C30H20Cl2N4O/c31-22-12-9-18(10-13-22)27(26-17-33-29(34-26)19-5-2-1-3-6-19)20-11-14-25-24(16-20)28(36-30(37)35-25)21-7-4-8-23(32)15-21/h1-17,27H,(H,33,34)(H,35,36,37). The second-order valence-corrected chi connectivity index (χ2v) is 9.62. The summed E-state index contributed by atoms with van der Waals surface area (Å²) >= 11 is 12.5. The highest BCUT2D eigenvalue weighted by molar-refractivity contribution is 6.31. The lowest BCUT2D eigenvalue weighted by molar-refractivity contribution is 0.935. The Hall–Kier alpha value is -4.19. The lowest BCUT2D eigenvalue weighted by atomic mass is 9.87. The van der Waals surface area contributed by atoms with Crippen molar-refractivity contribution >= 4 is 34.1 Å². The molecule has 0 bridgehead atoms. The van der Waals surface area contributed by atoms with Gasteiger partial charge >= 0.3 is 5.69 Å². The summed E-state index contributed by atoms with van der Waals surface area (Å²) in [5, 5.41) is 2.07. The number of hydrogen-bond acceptors (Lipinski definition) is 3. The van der Waals surface area contributed by atoms with Crippen LogP contribution in [-0.4, -0.2) is 19.9 Å². The fourth-order valence-corrected chi connectivity index (χ4v) is 4.95. The van der Waals surface area contributed by atoms with Crippen LogP contribution in [-0.2, 0) is 0 Å². The molecule has 0 fully saturated rings. The maximum atomic E-state index is 12.4. The Kier molecular flexibility index (Phi) is 6.08. The van der Waals surface area contributed by atoms with Crippen molar-refractivity contribution in [3.63, 3.8) is 0 Å². The van der Waals surface area contributed by atoms with Crippen LogP contribution in [0.4, 0.5) is 0 Å². The Morgan fingerprint density at radius 1 is 0.703 bits per heavy atom. The van der Waals surface area contributed by atoms with Crippen LogP contribution in [0.1, 0.15) is 22.7 Å². The molecular formula is C30H20Cl2N4O. The number of nitrogens with zero attached hydrogens (tertiary/aromatic N) is 2. The summed E-state index contributed by atoms with van der Waals surface area (Å²) in [6.07, 6.45) is 1.87. The number of halogens is 2. The molecule has 180 valence electrons. The maximum absolute atomic E-state index is 12.4. The number of H-pyrrole nitrogens is 2. The van der Waals surface area contributed by atoms with Gasteiger partial charge in [0.05, 0.1) is 17.1 Å². The zero-order chi connectivity index (χ0) is 25.4. The molecule has 1 unspecified atom stereocenters. The van der Waals surface area contributed by atoms with Gasteiger partial charge in [-0.05, 0) is 47.5 Å². The lowest BCUT2D eigenvalue weighted by Crippen LogP contribution is -2.12. The molecule has 5 nitrogen and oxygen atoms in total. The number of rotatable bonds is 5. The quantitative estimate of drug-likeness (QED) is 0.246. The first-order valence-electron chi connectivity index (χ1n) is 11.7. The van der Waals surface area contributed by atoms with Gasteiger partial charge in [-0.1, -0.05) is 83.9 Å². The van der Waals surface area contributed by atoms with Crippen LogP contribution in [0.5, 0.6) is 0 Å². The summed E-state index contributed by atoms with van der Waals surface area (Å²) in [5.74, 6) is 0.631. The van der Waals surface area contributed by atoms with Gasteiger partial charge < -0.3 is 9.97 Å². The Bertz CT molecular complexity index is 1780. The Morgan fingerprint density at radius 2 is 1.46 bits per heavy atom. The van der Waals surface area contributed by atoms with Gasteiger partial charge in [0.1, 0.15) is 5.82 Å². The number of hydrogen-bond donors (Lipinski definition) is 2. The molecule has 2 aromatic heterocycles. The van der Waals surface area contributed by atoms with E-state index in [1.807, 2.05) is 91.1 Å². The van der Waals surface area contributed by atoms with E-state index in [4.69, 9.17) is 23.2 Å². The molecule has 0 aliphatic carbocycles. The number of aromatic nitrogens is 4. The molecule has 6 aromatic rings. The monoisotopic (exact) mass is 522 g/mol. The first-order chi connectivity index (χ1) is 18.0. The van der Waals surface area contributed by atoms with Gasteiger partial charge in [-0.25, -0.2) is 9.78 Å². The van der Waals surface area contributed by atoms with Gasteiger partial charge in [0.15, 0.2) is 0 Å². The highest BCUT2D eigenvalue weighted by Crippen LogP contribution is 2.36. The average molecular weight is 523 g/mol. The number of nitrogens with one attached hydrogen (secondary N) is 2. The molecule has 37 heavy (non-hydrogen) atoms. The van der Waals surface area contributed by atoms with Gasteiger partial charge in [-0.3, -0.25) is 0 Å². The van der Waals surface area contributed by atoms with Gasteiger partial charge in [-0.2, -0.15) is 4.98 Å². The van der Waals surface area contributed by atoms with E-state index >= 15 is 0 Å². The van der Waals surface area contributed by atoms with E-state index in [9.17, 15) is 4.79 Å². The minimum absolute atomic E-state index is 0.161. The van der Waals surface area contributed by atoms with Gasteiger partial charge in [0, 0.05) is 38.4 Å². The molecule has 7 heteroatoms. The molecule has 0 aliphatic heterocycles. The third-order valence-corrected chi connectivity index (χ3v) is 6.83. The van der Waals surface area contributed by atoms with E-state index in [-0.39, 0.29) is 5.92 Å². The smallest absolute Gasteiger partial charge is 0.341 e. The molecular weight excluding hydrogens is 503 g/mol. The number of imidazole rings is 1. The van der Waals surface area contributed by atoms with Crippen LogP contribution in [0.15, 0.2) is 108 Å². The van der Waals surface area contributed by atoms with Crippen molar-refractivity contribution in [2.24, 2.45) is 0 Å². The van der Waals surface area contributed by atoms with Crippen LogP contribution < -0.4 is 5.69 Å². The van der Waals surface area contributed by atoms with Crippen molar-refractivity contribution in [2.45, 2.75) is 5.92 Å². The average Bonchev–Trinajstić information content (AvgIpc) is 3.40. The molecule has 2 N–H and O–H groups in total. The summed E-state index contributed by atoms with van der Waals surface area (Å²) < 4.78 is 0. The molecule has 1 atom stereocenters. The van der Waals surface area contributed by atoms with Crippen LogP contribution in [0.2, 0.25) is 10.0 Å². The molecule has 0 spiro atoms. The Morgan fingerprint density at radius 3 is 2.24 bits per heavy atom. The predicted octanol–water partition coefficient (Wildman–Crippen LogP) is 7.47. The summed E-state index contributed by atoms with van der Waals surface area (Å²) in [7, 11) is 0. The minimum atomic E-state index is -0.412. The molecule has 0 saturated heterocycles. The molecule has 0 aliphatic rings. The van der Waals surface area contributed by atoms with Crippen molar-refractivity contribution < 1.29 is 0 Å². The lowest BCUT2D eigenvalue weighted by Gasteiger charge is -2.18. The van der Waals surface area contributed by atoms with Gasteiger partial charge in [0.25, 0.3) is 0 Å². The Balaban J connectivity index is 1.54. The largest absolute Gasteiger partial charge is 0.345 e. The third kappa shape index (κ3) is 4.67. The van der Waals surface area contributed by atoms with Crippen molar-refractivity contribution in [1.82, 2.24) is 19.9 Å². The number of fused-ring (bicyclic) bond motifs is 1. The second kappa shape index (κ2) is 9.69. The molecule has 2 heterocycles. The summed E-state index contributed by atoms with van der Waals surface area (Å²) in [6.45, 7) is 0. The van der Waals surface area contributed by atoms with E-state index in [1.54, 1.807) is 6.07 Å². The van der Waals surface area contributed by atoms with Crippen molar-refractivity contribution in [3.05, 3.63) is 141 Å². The van der Waals surface area contributed by atoms with E-state index in [1.165, 1.54) is 0 Å². The summed E-state index contributed by atoms with van der Waals surface area (Å²) in [5.41, 5.74) is 5.64. The fourth-order valence-electron chi connectivity index (χ4n) is 4.64. The van der Waals surface area contributed by atoms with Crippen molar-refractivity contribution in [2.75, 3.05) is 0 Å². The Labute approximate surface area is 222 Å².